The number of esters is 1. The minimum atomic E-state index is -0.710. The minimum absolute atomic E-state index is 0.173. The summed E-state index contributed by atoms with van der Waals surface area (Å²) < 4.78 is 6.68. The van der Waals surface area contributed by atoms with Crippen LogP contribution in [-0.4, -0.2) is 21.6 Å². The summed E-state index contributed by atoms with van der Waals surface area (Å²) in [6, 6.07) is 11.0. The van der Waals surface area contributed by atoms with E-state index in [1.807, 2.05) is 50.2 Å². The molecule has 5 nitrogen and oxygen atoms in total. The van der Waals surface area contributed by atoms with Crippen molar-refractivity contribution in [2.45, 2.75) is 39.3 Å². The number of aromatic nitrogens is 2. The van der Waals surface area contributed by atoms with E-state index in [4.69, 9.17) is 4.74 Å². The zero-order valence-corrected chi connectivity index (χ0v) is 15.2. The molecule has 2 aromatic heterocycles. The number of nitrogens with zero attached hydrogens (tertiary/aromatic N) is 2. The fourth-order valence-corrected chi connectivity index (χ4v) is 3.45. The second-order valence-electron chi connectivity index (χ2n) is 5.98. The summed E-state index contributed by atoms with van der Waals surface area (Å²) in [5.41, 5.74) is 0.817. The summed E-state index contributed by atoms with van der Waals surface area (Å²) in [5, 5.41) is 0.523. The second-order valence-corrected chi connectivity index (χ2v) is 7.01. The van der Waals surface area contributed by atoms with Crippen molar-refractivity contribution in [2.75, 3.05) is 0 Å². The van der Waals surface area contributed by atoms with Gasteiger partial charge in [-0.2, -0.15) is 0 Å². The van der Waals surface area contributed by atoms with Crippen LogP contribution in [-0.2, 0) is 9.53 Å². The van der Waals surface area contributed by atoms with Crippen LogP contribution in [0.1, 0.15) is 33.2 Å². The molecule has 1 aromatic carbocycles. The maximum Gasteiger partial charge on any atom is 0.329 e. The van der Waals surface area contributed by atoms with Crippen LogP contribution in [0.25, 0.3) is 20.7 Å². The summed E-state index contributed by atoms with van der Waals surface area (Å²) in [5.74, 6) is -0.420. The topological polar surface area (TPSA) is 61.2 Å². The number of fused-ring (bicyclic) bond motifs is 1. The van der Waals surface area contributed by atoms with Crippen molar-refractivity contribution in [2.24, 2.45) is 0 Å². The first-order valence-corrected chi connectivity index (χ1v) is 9.09. The highest BCUT2D eigenvalue weighted by atomic mass is 32.1. The molecular formula is C19H20N2O3S. The van der Waals surface area contributed by atoms with Gasteiger partial charge in [-0.05, 0) is 31.9 Å². The lowest BCUT2D eigenvalue weighted by molar-refractivity contribution is -0.152. The van der Waals surface area contributed by atoms with Gasteiger partial charge in [-0.25, -0.2) is 9.78 Å². The Balaban J connectivity index is 1.97. The maximum atomic E-state index is 12.8. The number of hydrogen-bond donors (Lipinski definition) is 0. The third kappa shape index (κ3) is 3.49. The van der Waals surface area contributed by atoms with E-state index in [2.05, 4.69) is 4.98 Å². The largest absolute Gasteiger partial charge is 0.461 e. The van der Waals surface area contributed by atoms with E-state index in [1.165, 1.54) is 22.2 Å². The first-order chi connectivity index (χ1) is 12.0. The molecule has 2 atom stereocenters. The van der Waals surface area contributed by atoms with Crippen molar-refractivity contribution in [1.29, 1.82) is 0 Å². The van der Waals surface area contributed by atoms with Crippen LogP contribution in [0.15, 0.2) is 47.5 Å². The van der Waals surface area contributed by atoms with Gasteiger partial charge < -0.3 is 4.74 Å². The fourth-order valence-electron chi connectivity index (χ4n) is 2.45. The summed E-state index contributed by atoms with van der Waals surface area (Å²) in [7, 11) is 0. The van der Waals surface area contributed by atoms with Crippen LogP contribution in [0.4, 0.5) is 0 Å². The van der Waals surface area contributed by atoms with Crippen molar-refractivity contribution >= 4 is 27.5 Å². The first kappa shape index (κ1) is 17.4. The molecule has 0 amide bonds. The molecule has 2 heterocycles. The number of thiophene rings is 1. The molecule has 3 aromatic rings. The SMILES string of the molecule is CC[C@@H](C)OC(=O)[C@H](C)n1cnc2sc(-c3ccccc3)cc2c1=O. The average Bonchev–Trinajstić information content (AvgIpc) is 3.07. The van der Waals surface area contributed by atoms with Crippen molar-refractivity contribution in [3.05, 3.63) is 53.1 Å². The Morgan fingerprint density at radius 3 is 2.68 bits per heavy atom. The van der Waals surface area contributed by atoms with Gasteiger partial charge >= 0.3 is 5.97 Å². The molecule has 0 bridgehead atoms. The lowest BCUT2D eigenvalue weighted by atomic mass is 10.2. The third-order valence-corrected chi connectivity index (χ3v) is 5.28. The van der Waals surface area contributed by atoms with Gasteiger partial charge in [0.05, 0.1) is 17.8 Å². The molecule has 25 heavy (non-hydrogen) atoms. The molecule has 0 aliphatic carbocycles. The number of carbonyl (C=O) groups excluding carboxylic acids is 1. The highest BCUT2D eigenvalue weighted by Gasteiger charge is 2.21. The highest BCUT2D eigenvalue weighted by Crippen LogP contribution is 2.30. The van der Waals surface area contributed by atoms with E-state index in [-0.39, 0.29) is 11.7 Å². The summed E-state index contributed by atoms with van der Waals surface area (Å²) in [6.07, 6.45) is 1.99. The van der Waals surface area contributed by atoms with Gasteiger partial charge in [0.1, 0.15) is 10.9 Å². The molecule has 130 valence electrons. The third-order valence-electron chi connectivity index (χ3n) is 4.19. The lowest BCUT2D eigenvalue weighted by Crippen LogP contribution is -2.30. The molecule has 0 fully saturated rings. The van der Waals surface area contributed by atoms with Crippen molar-refractivity contribution < 1.29 is 9.53 Å². The Kier molecular flexibility index (Phi) is 4.99. The van der Waals surface area contributed by atoms with Crippen LogP contribution in [0.5, 0.6) is 0 Å². The van der Waals surface area contributed by atoms with E-state index >= 15 is 0 Å². The summed E-state index contributed by atoms with van der Waals surface area (Å²) in [6.45, 7) is 5.43. The smallest absolute Gasteiger partial charge is 0.329 e. The lowest BCUT2D eigenvalue weighted by Gasteiger charge is -2.17. The Labute approximate surface area is 149 Å². The normalized spacial score (nSPS) is 13.6. The quantitative estimate of drug-likeness (QED) is 0.648. The Hall–Kier alpha value is -2.47. The van der Waals surface area contributed by atoms with Gasteiger partial charge in [0.2, 0.25) is 0 Å². The number of rotatable bonds is 5. The molecule has 0 aliphatic heterocycles. The van der Waals surface area contributed by atoms with E-state index in [9.17, 15) is 9.59 Å². The molecular weight excluding hydrogens is 336 g/mol. The fraction of sp³-hybridized carbons (Fsp3) is 0.316. The monoisotopic (exact) mass is 356 g/mol. The van der Waals surface area contributed by atoms with Crippen LogP contribution in [0, 0.1) is 0 Å². The Morgan fingerprint density at radius 2 is 2.00 bits per heavy atom. The van der Waals surface area contributed by atoms with Crippen LogP contribution < -0.4 is 5.56 Å². The minimum Gasteiger partial charge on any atom is -0.461 e. The van der Waals surface area contributed by atoms with Gasteiger partial charge in [0.15, 0.2) is 0 Å². The van der Waals surface area contributed by atoms with Crippen LogP contribution >= 0.6 is 11.3 Å². The second kappa shape index (κ2) is 7.19. The van der Waals surface area contributed by atoms with E-state index in [1.54, 1.807) is 6.92 Å². The molecule has 0 radical (unpaired) electrons. The predicted octanol–water partition coefficient (Wildman–Crippen LogP) is 4.03. The number of benzene rings is 1. The predicted molar refractivity (Wildman–Crippen MR) is 99.9 cm³/mol. The number of ether oxygens (including phenoxy) is 1. The first-order valence-electron chi connectivity index (χ1n) is 8.27. The van der Waals surface area contributed by atoms with E-state index < -0.39 is 12.0 Å². The van der Waals surface area contributed by atoms with Gasteiger partial charge in [-0.1, -0.05) is 37.3 Å². The standard InChI is InChI=1S/C19H20N2O3S/c1-4-12(2)24-19(23)13(3)21-11-20-17-15(18(21)22)10-16(25-17)14-8-6-5-7-9-14/h5-13H,4H2,1-3H3/t12-,13+/m1/s1. The Morgan fingerprint density at radius 1 is 1.28 bits per heavy atom. The van der Waals surface area contributed by atoms with Crippen molar-refractivity contribution in [1.82, 2.24) is 9.55 Å². The van der Waals surface area contributed by atoms with Gasteiger partial charge in [0.25, 0.3) is 5.56 Å². The van der Waals surface area contributed by atoms with Gasteiger partial charge in [-0.3, -0.25) is 9.36 Å². The molecule has 0 N–H and O–H groups in total. The van der Waals surface area contributed by atoms with Crippen molar-refractivity contribution in [3.8, 4) is 10.4 Å². The molecule has 6 heteroatoms. The molecule has 0 saturated heterocycles. The van der Waals surface area contributed by atoms with Crippen LogP contribution in [0.2, 0.25) is 0 Å². The average molecular weight is 356 g/mol. The summed E-state index contributed by atoms with van der Waals surface area (Å²) >= 11 is 1.47. The zero-order chi connectivity index (χ0) is 18.0. The maximum absolute atomic E-state index is 12.8. The number of carbonyl (C=O) groups is 1. The van der Waals surface area contributed by atoms with Crippen molar-refractivity contribution in [3.63, 3.8) is 0 Å². The van der Waals surface area contributed by atoms with E-state index in [0.717, 1.165) is 16.9 Å². The van der Waals surface area contributed by atoms with Crippen LogP contribution in [0.3, 0.4) is 0 Å². The number of hydrogen-bond acceptors (Lipinski definition) is 5. The highest BCUT2D eigenvalue weighted by molar-refractivity contribution is 7.21. The van der Waals surface area contributed by atoms with Gasteiger partial charge in [-0.15, -0.1) is 11.3 Å². The molecule has 0 aliphatic rings. The van der Waals surface area contributed by atoms with Gasteiger partial charge in [0, 0.05) is 4.88 Å². The molecule has 3 rings (SSSR count). The zero-order valence-electron chi connectivity index (χ0n) is 14.4. The van der Waals surface area contributed by atoms with E-state index in [0.29, 0.717) is 10.2 Å². The molecule has 0 spiro atoms. The molecule has 0 unspecified atom stereocenters. The molecule has 0 saturated carbocycles. The Bertz CT molecular complexity index is 946. The summed E-state index contributed by atoms with van der Waals surface area (Å²) in [4.78, 5) is 31.0.